The molecular formula is C18H29NO4. The summed E-state index contributed by atoms with van der Waals surface area (Å²) < 4.78 is 16.6. The lowest BCUT2D eigenvalue weighted by Gasteiger charge is -2.41. The zero-order valence-corrected chi connectivity index (χ0v) is 14.5. The summed E-state index contributed by atoms with van der Waals surface area (Å²) in [6, 6.07) is 5.62. The average molecular weight is 323 g/mol. The van der Waals surface area contributed by atoms with Crippen LogP contribution in [0.15, 0.2) is 18.2 Å². The standard InChI is InChI=1S/C18H29NO4/c1-4-18(14-20)9-6-10-19(13-18)11-12-23-17-15(21-2)7-5-8-16(17)22-3/h5,7-8,20H,4,6,9-14H2,1-3H3/t18-/m0/s1. The van der Waals surface area contributed by atoms with E-state index in [-0.39, 0.29) is 12.0 Å². The van der Waals surface area contributed by atoms with Crippen LogP contribution >= 0.6 is 0 Å². The number of methoxy groups -OCH3 is 2. The molecule has 1 saturated heterocycles. The summed E-state index contributed by atoms with van der Waals surface area (Å²) in [6.07, 6.45) is 3.26. The second-order valence-corrected chi connectivity index (χ2v) is 6.23. The molecule has 1 heterocycles. The number of rotatable bonds is 8. The largest absolute Gasteiger partial charge is 0.493 e. The third kappa shape index (κ3) is 4.30. The Bertz CT molecular complexity index is 466. The van der Waals surface area contributed by atoms with Crippen molar-refractivity contribution in [2.45, 2.75) is 26.2 Å². The molecule has 1 aliphatic heterocycles. The van der Waals surface area contributed by atoms with Crippen LogP contribution in [-0.2, 0) is 0 Å². The van der Waals surface area contributed by atoms with Crippen LogP contribution in [0.1, 0.15) is 26.2 Å². The Balaban J connectivity index is 1.92. The van der Waals surface area contributed by atoms with Crippen LogP contribution in [0, 0.1) is 5.41 Å². The number of nitrogens with zero attached hydrogens (tertiary/aromatic N) is 1. The third-order valence-electron chi connectivity index (χ3n) is 4.86. The van der Waals surface area contributed by atoms with Crippen molar-refractivity contribution >= 4 is 0 Å². The highest BCUT2D eigenvalue weighted by atomic mass is 16.5. The monoisotopic (exact) mass is 323 g/mol. The Kier molecular flexibility index (Phi) is 6.54. The van der Waals surface area contributed by atoms with E-state index in [0.717, 1.165) is 38.9 Å². The van der Waals surface area contributed by atoms with Gasteiger partial charge in [-0.25, -0.2) is 0 Å². The molecule has 0 unspecified atom stereocenters. The van der Waals surface area contributed by atoms with Crippen LogP contribution in [0.4, 0.5) is 0 Å². The predicted octanol–water partition coefficient (Wildman–Crippen LogP) is 2.57. The first kappa shape index (κ1) is 17.9. The predicted molar refractivity (Wildman–Crippen MR) is 90.5 cm³/mol. The first-order valence-electron chi connectivity index (χ1n) is 8.35. The number of piperidine rings is 1. The van der Waals surface area contributed by atoms with E-state index in [0.29, 0.717) is 23.9 Å². The topological polar surface area (TPSA) is 51.2 Å². The molecule has 0 amide bonds. The van der Waals surface area contributed by atoms with Crippen molar-refractivity contribution in [1.82, 2.24) is 4.90 Å². The third-order valence-corrected chi connectivity index (χ3v) is 4.86. The number of hydrogen-bond acceptors (Lipinski definition) is 5. The van der Waals surface area contributed by atoms with Gasteiger partial charge in [0.15, 0.2) is 11.5 Å². The zero-order chi connectivity index (χ0) is 16.7. The number of benzene rings is 1. The van der Waals surface area contributed by atoms with Crippen LogP contribution in [0.3, 0.4) is 0 Å². The molecule has 0 aliphatic carbocycles. The van der Waals surface area contributed by atoms with E-state index >= 15 is 0 Å². The van der Waals surface area contributed by atoms with E-state index < -0.39 is 0 Å². The van der Waals surface area contributed by atoms with Crippen molar-refractivity contribution in [3.63, 3.8) is 0 Å². The molecule has 1 aliphatic rings. The van der Waals surface area contributed by atoms with Gasteiger partial charge in [-0.2, -0.15) is 0 Å². The van der Waals surface area contributed by atoms with Crippen molar-refractivity contribution < 1.29 is 19.3 Å². The van der Waals surface area contributed by atoms with Crippen LogP contribution in [0.5, 0.6) is 17.2 Å². The van der Waals surface area contributed by atoms with Crippen LogP contribution in [0.2, 0.25) is 0 Å². The molecule has 0 spiro atoms. The van der Waals surface area contributed by atoms with Gasteiger partial charge in [-0.05, 0) is 37.9 Å². The van der Waals surface area contributed by atoms with E-state index in [9.17, 15) is 5.11 Å². The van der Waals surface area contributed by atoms with Gasteiger partial charge in [0, 0.05) is 25.1 Å². The van der Waals surface area contributed by atoms with Gasteiger partial charge in [-0.1, -0.05) is 13.0 Å². The lowest BCUT2D eigenvalue weighted by atomic mass is 9.78. The maximum Gasteiger partial charge on any atom is 0.203 e. The van der Waals surface area contributed by atoms with Crippen molar-refractivity contribution in [2.24, 2.45) is 5.41 Å². The minimum atomic E-state index is 0.0559. The molecule has 1 N–H and O–H groups in total. The first-order valence-corrected chi connectivity index (χ1v) is 8.35. The SMILES string of the molecule is CC[C@]1(CO)CCCN(CCOc2c(OC)cccc2OC)C1. The summed E-state index contributed by atoms with van der Waals surface area (Å²) >= 11 is 0. The smallest absolute Gasteiger partial charge is 0.203 e. The van der Waals surface area contributed by atoms with Gasteiger partial charge >= 0.3 is 0 Å². The minimum absolute atomic E-state index is 0.0559. The van der Waals surface area contributed by atoms with Gasteiger partial charge in [0.05, 0.1) is 14.2 Å². The van der Waals surface area contributed by atoms with Gasteiger partial charge in [0.2, 0.25) is 5.75 Å². The van der Waals surface area contributed by atoms with Crippen LogP contribution in [0.25, 0.3) is 0 Å². The second-order valence-electron chi connectivity index (χ2n) is 6.23. The molecule has 130 valence electrons. The van der Waals surface area contributed by atoms with Crippen molar-refractivity contribution in [3.8, 4) is 17.2 Å². The number of para-hydroxylation sites is 1. The summed E-state index contributed by atoms with van der Waals surface area (Å²) in [5.41, 5.74) is 0.0559. The number of hydrogen-bond donors (Lipinski definition) is 1. The fourth-order valence-corrected chi connectivity index (χ4v) is 3.27. The van der Waals surface area contributed by atoms with Crippen molar-refractivity contribution in [3.05, 3.63) is 18.2 Å². The van der Waals surface area contributed by atoms with E-state index in [1.165, 1.54) is 0 Å². The number of likely N-dealkylation sites (tertiary alicyclic amines) is 1. The number of ether oxygens (including phenoxy) is 3. The molecule has 0 aromatic heterocycles. The fraction of sp³-hybridized carbons (Fsp3) is 0.667. The molecule has 23 heavy (non-hydrogen) atoms. The van der Waals surface area contributed by atoms with Gasteiger partial charge in [0.1, 0.15) is 6.61 Å². The Labute approximate surface area is 139 Å². The number of aliphatic hydroxyl groups excluding tert-OH is 1. The summed E-state index contributed by atoms with van der Waals surface area (Å²) in [5.74, 6) is 2.01. The Morgan fingerprint density at radius 3 is 2.48 bits per heavy atom. The Morgan fingerprint density at radius 1 is 1.22 bits per heavy atom. The lowest BCUT2D eigenvalue weighted by Crippen LogP contribution is -2.46. The first-order chi connectivity index (χ1) is 11.2. The highest BCUT2D eigenvalue weighted by Crippen LogP contribution is 2.37. The van der Waals surface area contributed by atoms with Gasteiger partial charge in [-0.15, -0.1) is 0 Å². The van der Waals surface area contributed by atoms with E-state index in [4.69, 9.17) is 14.2 Å². The van der Waals surface area contributed by atoms with E-state index in [1.54, 1.807) is 14.2 Å². The minimum Gasteiger partial charge on any atom is -0.493 e. The second kappa shape index (κ2) is 8.41. The maximum atomic E-state index is 9.71. The molecular weight excluding hydrogens is 294 g/mol. The number of aliphatic hydroxyl groups is 1. The molecule has 2 rings (SSSR count). The van der Waals surface area contributed by atoms with E-state index in [1.807, 2.05) is 18.2 Å². The average Bonchev–Trinajstić information content (AvgIpc) is 2.61. The molecule has 5 nitrogen and oxygen atoms in total. The van der Waals surface area contributed by atoms with Gasteiger partial charge in [-0.3, -0.25) is 4.90 Å². The Hall–Kier alpha value is -1.46. The normalized spacial score (nSPS) is 21.9. The summed E-state index contributed by atoms with van der Waals surface area (Å²) in [6.45, 7) is 5.84. The fourth-order valence-electron chi connectivity index (χ4n) is 3.27. The van der Waals surface area contributed by atoms with E-state index in [2.05, 4.69) is 11.8 Å². The molecule has 1 aromatic rings. The molecule has 0 saturated carbocycles. The lowest BCUT2D eigenvalue weighted by molar-refractivity contribution is 0.0240. The quantitative estimate of drug-likeness (QED) is 0.797. The zero-order valence-electron chi connectivity index (χ0n) is 14.5. The molecule has 1 fully saturated rings. The maximum absolute atomic E-state index is 9.71. The molecule has 0 radical (unpaired) electrons. The molecule has 1 aromatic carbocycles. The summed E-state index contributed by atoms with van der Waals surface area (Å²) in [4.78, 5) is 2.38. The van der Waals surface area contributed by atoms with Crippen LogP contribution < -0.4 is 14.2 Å². The van der Waals surface area contributed by atoms with Crippen molar-refractivity contribution in [1.29, 1.82) is 0 Å². The highest BCUT2D eigenvalue weighted by Gasteiger charge is 2.33. The van der Waals surface area contributed by atoms with Gasteiger partial charge in [0.25, 0.3) is 0 Å². The Morgan fingerprint density at radius 2 is 1.91 bits per heavy atom. The van der Waals surface area contributed by atoms with Gasteiger partial charge < -0.3 is 19.3 Å². The molecule has 5 heteroatoms. The molecule has 0 bridgehead atoms. The summed E-state index contributed by atoms with van der Waals surface area (Å²) in [7, 11) is 3.26. The van der Waals surface area contributed by atoms with Crippen molar-refractivity contribution in [2.75, 3.05) is 47.1 Å². The summed E-state index contributed by atoms with van der Waals surface area (Å²) in [5, 5.41) is 9.71. The van der Waals surface area contributed by atoms with Crippen LogP contribution in [-0.4, -0.2) is 57.1 Å². The highest BCUT2D eigenvalue weighted by molar-refractivity contribution is 5.51. The molecule has 1 atom stereocenters.